The second-order valence-corrected chi connectivity index (χ2v) is 7.28. The van der Waals surface area contributed by atoms with Crippen LogP contribution in [0, 0.1) is 0 Å². The van der Waals surface area contributed by atoms with Crippen molar-refractivity contribution in [3.8, 4) is 0 Å². The van der Waals surface area contributed by atoms with E-state index in [0.29, 0.717) is 13.1 Å². The van der Waals surface area contributed by atoms with Crippen molar-refractivity contribution >= 4 is 6.09 Å². The van der Waals surface area contributed by atoms with Crippen molar-refractivity contribution in [1.29, 1.82) is 0 Å². The summed E-state index contributed by atoms with van der Waals surface area (Å²) in [7, 11) is 0. The molecule has 1 rings (SSSR count). The average Bonchev–Trinajstić information content (AvgIpc) is 2.55. The molecule has 5 nitrogen and oxygen atoms in total. The third kappa shape index (κ3) is 10.8. The van der Waals surface area contributed by atoms with Crippen LogP contribution in [0.5, 0.6) is 0 Å². The molecule has 0 aliphatic rings. The number of ether oxygens (including phenoxy) is 1. The van der Waals surface area contributed by atoms with E-state index in [1.54, 1.807) is 4.90 Å². The van der Waals surface area contributed by atoms with Crippen LogP contribution in [0.1, 0.15) is 52.0 Å². The van der Waals surface area contributed by atoms with Gasteiger partial charge in [-0.25, -0.2) is 4.79 Å². The van der Waals surface area contributed by atoms with Crippen molar-refractivity contribution in [3.05, 3.63) is 35.9 Å². The summed E-state index contributed by atoms with van der Waals surface area (Å²) in [6, 6.07) is 9.99. The molecule has 0 saturated carbocycles. The topological polar surface area (TPSA) is 61.8 Å². The minimum absolute atomic E-state index is 0.265. The normalized spacial score (nSPS) is 11.4. The molecule has 0 atom stereocenters. The van der Waals surface area contributed by atoms with Crippen LogP contribution in [-0.2, 0) is 11.3 Å². The SMILES string of the molecule is CC(C)(C)OC(=O)N(CCCNCCCCCO)Cc1ccccc1. The second-order valence-electron chi connectivity index (χ2n) is 7.28. The van der Waals surface area contributed by atoms with Crippen molar-refractivity contribution in [2.75, 3.05) is 26.2 Å². The van der Waals surface area contributed by atoms with Crippen molar-refractivity contribution in [2.45, 2.75) is 58.6 Å². The van der Waals surface area contributed by atoms with E-state index in [1.165, 1.54) is 0 Å². The quantitative estimate of drug-likeness (QED) is 0.599. The lowest BCUT2D eigenvalue weighted by molar-refractivity contribution is 0.0231. The smallest absolute Gasteiger partial charge is 0.410 e. The van der Waals surface area contributed by atoms with Gasteiger partial charge >= 0.3 is 6.09 Å². The standard InChI is InChI=1S/C20H34N2O3/c1-20(2,3)25-19(24)22(17-18-11-6-4-7-12-18)15-10-14-21-13-8-5-9-16-23/h4,6-7,11-12,21,23H,5,8-10,13-17H2,1-3H3. The van der Waals surface area contributed by atoms with Gasteiger partial charge in [0.25, 0.3) is 0 Å². The Balaban J connectivity index is 2.41. The molecule has 1 aromatic carbocycles. The lowest BCUT2D eigenvalue weighted by Crippen LogP contribution is -2.37. The molecule has 2 N–H and O–H groups in total. The molecule has 0 bridgehead atoms. The molecule has 0 spiro atoms. The lowest BCUT2D eigenvalue weighted by atomic mass is 10.2. The van der Waals surface area contributed by atoms with Crippen LogP contribution in [0.15, 0.2) is 30.3 Å². The van der Waals surface area contributed by atoms with Gasteiger partial charge in [0.2, 0.25) is 0 Å². The molecule has 0 heterocycles. The number of unbranched alkanes of at least 4 members (excludes halogenated alkanes) is 2. The van der Waals surface area contributed by atoms with Crippen LogP contribution in [-0.4, -0.2) is 47.9 Å². The number of hydrogen-bond acceptors (Lipinski definition) is 4. The Morgan fingerprint density at radius 3 is 2.40 bits per heavy atom. The third-order valence-corrected chi connectivity index (χ3v) is 3.66. The number of nitrogens with zero attached hydrogens (tertiary/aromatic N) is 1. The maximum Gasteiger partial charge on any atom is 0.410 e. The first-order chi connectivity index (χ1) is 11.9. The molecule has 142 valence electrons. The molecular formula is C20H34N2O3. The first kappa shape index (κ1) is 21.5. The van der Waals surface area contributed by atoms with Gasteiger partial charge < -0.3 is 20.1 Å². The molecular weight excluding hydrogens is 316 g/mol. The molecule has 0 aliphatic heterocycles. The van der Waals surface area contributed by atoms with E-state index >= 15 is 0 Å². The minimum atomic E-state index is -0.489. The van der Waals surface area contributed by atoms with Crippen molar-refractivity contribution in [2.24, 2.45) is 0 Å². The summed E-state index contributed by atoms with van der Waals surface area (Å²) < 4.78 is 5.54. The van der Waals surface area contributed by atoms with Gasteiger partial charge in [0.15, 0.2) is 0 Å². The summed E-state index contributed by atoms with van der Waals surface area (Å²) in [5.41, 5.74) is 0.613. The van der Waals surface area contributed by atoms with Gasteiger partial charge in [-0.15, -0.1) is 0 Å². The van der Waals surface area contributed by atoms with Crippen molar-refractivity contribution in [3.63, 3.8) is 0 Å². The van der Waals surface area contributed by atoms with Crippen LogP contribution in [0.4, 0.5) is 4.79 Å². The molecule has 0 aliphatic carbocycles. The maximum absolute atomic E-state index is 12.5. The van der Waals surface area contributed by atoms with Crippen LogP contribution < -0.4 is 5.32 Å². The maximum atomic E-state index is 12.5. The lowest BCUT2D eigenvalue weighted by Gasteiger charge is -2.27. The zero-order chi connectivity index (χ0) is 18.5. The number of carbonyl (C=O) groups is 1. The van der Waals surface area contributed by atoms with Gasteiger partial charge in [-0.2, -0.15) is 0 Å². The minimum Gasteiger partial charge on any atom is -0.444 e. The predicted molar refractivity (Wildman–Crippen MR) is 102 cm³/mol. The Morgan fingerprint density at radius 1 is 1.08 bits per heavy atom. The van der Waals surface area contributed by atoms with Crippen LogP contribution in [0.3, 0.4) is 0 Å². The molecule has 1 aromatic rings. The highest BCUT2D eigenvalue weighted by Crippen LogP contribution is 2.13. The number of hydrogen-bond donors (Lipinski definition) is 2. The number of aliphatic hydroxyl groups excluding tert-OH is 1. The van der Waals surface area contributed by atoms with E-state index < -0.39 is 5.60 Å². The number of rotatable bonds is 11. The number of amides is 1. The zero-order valence-corrected chi connectivity index (χ0v) is 16.0. The molecule has 0 radical (unpaired) electrons. The van der Waals surface area contributed by atoms with E-state index in [2.05, 4.69) is 5.32 Å². The van der Waals surface area contributed by atoms with Crippen molar-refractivity contribution < 1.29 is 14.6 Å². The highest BCUT2D eigenvalue weighted by molar-refractivity contribution is 5.68. The van der Waals surface area contributed by atoms with Gasteiger partial charge in [0.05, 0.1) is 0 Å². The van der Waals surface area contributed by atoms with Crippen molar-refractivity contribution in [1.82, 2.24) is 10.2 Å². The van der Waals surface area contributed by atoms with E-state index in [9.17, 15) is 4.79 Å². The summed E-state index contributed by atoms with van der Waals surface area (Å²) >= 11 is 0. The van der Waals surface area contributed by atoms with Gasteiger partial charge in [-0.05, 0) is 65.1 Å². The summed E-state index contributed by atoms with van der Waals surface area (Å²) in [5, 5.41) is 12.1. The highest BCUT2D eigenvalue weighted by Gasteiger charge is 2.21. The van der Waals surface area contributed by atoms with Gasteiger partial charge in [-0.1, -0.05) is 30.3 Å². The fourth-order valence-electron chi connectivity index (χ4n) is 2.42. The number of aliphatic hydroxyl groups is 1. The fraction of sp³-hybridized carbons (Fsp3) is 0.650. The fourth-order valence-corrected chi connectivity index (χ4v) is 2.42. The van der Waals surface area contributed by atoms with Crippen LogP contribution in [0.25, 0.3) is 0 Å². The number of benzene rings is 1. The highest BCUT2D eigenvalue weighted by atomic mass is 16.6. The number of carbonyl (C=O) groups excluding carboxylic acids is 1. The Bertz CT molecular complexity index is 472. The third-order valence-electron chi connectivity index (χ3n) is 3.66. The van der Waals surface area contributed by atoms with E-state index in [1.807, 2.05) is 51.1 Å². The Labute approximate surface area is 152 Å². The second kappa shape index (κ2) is 11.9. The zero-order valence-electron chi connectivity index (χ0n) is 16.0. The molecule has 25 heavy (non-hydrogen) atoms. The molecule has 5 heteroatoms. The Morgan fingerprint density at radius 2 is 1.76 bits per heavy atom. The molecule has 0 aromatic heterocycles. The largest absolute Gasteiger partial charge is 0.444 e. The summed E-state index contributed by atoms with van der Waals surface area (Å²) in [4.78, 5) is 14.2. The monoisotopic (exact) mass is 350 g/mol. The number of nitrogens with one attached hydrogen (secondary N) is 1. The summed E-state index contributed by atoms with van der Waals surface area (Å²) in [6.07, 6.45) is 3.60. The summed E-state index contributed by atoms with van der Waals surface area (Å²) in [5.74, 6) is 0. The first-order valence-corrected chi connectivity index (χ1v) is 9.26. The van der Waals surface area contributed by atoms with Gasteiger partial charge in [0, 0.05) is 19.7 Å². The van der Waals surface area contributed by atoms with Gasteiger partial charge in [-0.3, -0.25) is 0 Å². The predicted octanol–water partition coefficient (Wildman–Crippen LogP) is 3.57. The Hall–Kier alpha value is -1.59. The average molecular weight is 351 g/mol. The van der Waals surface area contributed by atoms with E-state index in [0.717, 1.165) is 44.3 Å². The van der Waals surface area contributed by atoms with E-state index in [-0.39, 0.29) is 12.7 Å². The summed E-state index contributed by atoms with van der Waals surface area (Å²) in [6.45, 7) is 8.97. The van der Waals surface area contributed by atoms with E-state index in [4.69, 9.17) is 9.84 Å². The first-order valence-electron chi connectivity index (χ1n) is 9.26. The van der Waals surface area contributed by atoms with Crippen LogP contribution in [0.2, 0.25) is 0 Å². The Kier molecular flexibility index (Phi) is 10.2. The molecule has 1 amide bonds. The molecule has 0 saturated heterocycles. The van der Waals surface area contributed by atoms with Crippen LogP contribution >= 0.6 is 0 Å². The molecule has 0 unspecified atom stereocenters. The van der Waals surface area contributed by atoms with Gasteiger partial charge in [0.1, 0.15) is 5.60 Å². The molecule has 0 fully saturated rings.